The Kier molecular flexibility index (Phi) is 4.50. The Morgan fingerprint density at radius 3 is 2.67 bits per heavy atom. The Morgan fingerprint density at radius 1 is 1.47 bits per heavy atom. The van der Waals surface area contributed by atoms with Crippen LogP contribution in [0.25, 0.3) is 0 Å². The Labute approximate surface area is 88.2 Å². The number of nitrogens with zero attached hydrogens (tertiary/aromatic N) is 1. The molecule has 1 aromatic carbocycles. The van der Waals surface area contributed by atoms with E-state index in [0.717, 1.165) is 11.1 Å². The van der Waals surface area contributed by atoms with E-state index >= 15 is 0 Å². The van der Waals surface area contributed by atoms with Crippen LogP contribution in [0.2, 0.25) is 0 Å². The lowest BCUT2D eigenvalue weighted by Crippen LogP contribution is -1.96. The predicted octanol–water partition coefficient (Wildman–Crippen LogP) is 1.47. The van der Waals surface area contributed by atoms with Crippen molar-refractivity contribution in [3.05, 3.63) is 35.4 Å². The Bertz CT molecular complexity index is 343. The molecule has 0 atom stereocenters. The van der Waals surface area contributed by atoms with Crippen LogP contribution in [0.1, 0.15) is 24.5 Å². The van der Waals surface area contributed by atoms with Crippen molar-refractivity contribution in [3.63, 3.8) is 0 Å². The first-order valence-electron chi connectivity index (χ1n) is 4.69. The van der Waals surface area contributed by atoms with Gasteiger partial charge in [-0.05, 0) is 11.1 Å². The molecule has 0 unspecified atom stereocenters. The normalized spacial score (nSPS) is 10.5. The summed E-state index contributed by atoms with van der Waals surface area (Å²) in [6.07, 6.45) is 1.76. The van der Waals surface area contributed by atoms with Crippen molar-refractivity contribution in [1.82, 2.24) is 0 Å². The van der Waals surface area contributed by atoms with Crippen LogP contribution in [0.5, 0.6) is 0 Å². The van der Waals surface area contributed by atoms with E-state index in [2.05, 4.69) is 9.99 Å². The van der Waals surface area contributed by atoms with Crippen molar-refractivity contribution in [2.45, 2.75) is 20.0 Å². The predicted molar refractivity (Wildman–Crippen MR) is 56.3 cm³/mol. The topological polar surface area (TPSA) is 58.9 Å². The molecule has 4 nitrogen and oxygen atoms in total. The lowest BCUT2D eigenvalue weighted by Gasteiger charge is -1.96. The molecule has 1 N–H and O–H groups in total. The second-order valence-corrected chi connectivity index (χ2v) is 2.95. The van der Waals surface area contributed by atoms with Gasteiger partial charge in [-0.3, -0.25) is 0 Å². The minimum atomic E-state index is -0.363. The molecule has 0 radical (unpaired) electrons. The van der Waals surface area contributed by atoms with Gasteiger partial charge in [-0.1, -0.05) is 36.3 Å². The fraction of sp³-hybridized carbons (Fsp3) is 0.273. The first-order valence-corrected chi connectivity index (χ1v) is 4.69. The maximum atomic E-state index is 10.7. The van der Waals surface area contributed by atoms with Crippen LogP contribution in [0.4, 0.5) is 0 Å². The highest BCUT2D eigenvalue weighted by molar-refractivity contribution is 5.80. The molecule has 0 saturated carbocycles. The van der Waals surface area contributed by atoms with Gasteiger partial charge in [-0.25, -0.2) is 4.79 Å². The maximum Gasteiger partial charge on any atom is 0.334 e. The number of carbonyl (C=O) groups excluding carboxylic acids is 1. The van der Waals surface area contributed by atoms with E-state index in [1.54, 1.807) is 31.2 Å². The lowest BCUT2D eigenvalue weighted by atomic mass is 10.2. The molecule has 15 heavy (non-hydrogen) atoms. The average molecular weight is 207 g/mol. The van der Waals surface area contributed by atoms with Gasteiger partial charge in [-0.15, -0.1) is 0 Å². The molecular weight excluding hydrogens is 194 g/mol. The third kappa shape index (κ3) is 3.91. The van der Waals surface area contributed by atoms with Crippen LogP contribution < -0.4 is 0 Å². The van der Waals surface area contributed by atoms with Gasteiger partial charge in [0.05, 0.1) is 12.8 Å². The summed E-state index contributed by atoms with van der Waals surface area (Å²) in [4.78, 5) is 15.3. The van der Waals surface area contributed by atoms with Crippen LogP contribution >= 0.6 is 0 Å². The van der Waals surface area contributed by atoms with Gasteiger partial charge in [-0.2, -0.15) is 0 Å². The van der Waals surface area contributed by atoms with E-state index in [1.807, 2.05) is 0 Å². The summed E-state index contributed by atoms with van der Waals surface area (Å²) < 4.78 is 0. The van der Waals surface area contributed by atoms with Gasteiger partial charge in [0.1, 0.15) is 0 Å². The van der Waals surface area contributed by atoms with Crippen molar-refractivity contribution >= 4 is 12.2 Å². The number of hydrogen-bond donors (Lipinski definition) is 1. The van der Waals surface area contributed by atoms with Crippen LogP contribution in [-0.2, 0) is 16.2 Å². The van der Waals surface area contributed by atoms with E-state index < -0.39 is 0 Å². The zero-order valence-corrected chi connectivity index (χ0v) is 8.51. The molecule has 1 aromatic rings. The zero-order valence-electron chi connectivity index (χ0n) is 8.51. The van der Waals surface area contributed by atoms with Crippen molar-refractivity contribution < 1.29 is 14.7 Å². The fourth-order valence-corrected chi connectivity index (χ4v) is 0.920. The summed E-state index contributed by atoms with van der Waals surface area (Å²) in [5.41, 5.74) is 1.65. The number of oxime groups is 1. The highest BCUT2D eigenvalue weighted by Gasteiger charge is 1.95. The van der Waals surface area contributed by atoms with Gasteiger partial charge >= 0.3 is 5.97 Å². The first kappa shape index (κ1) is 11.4. The molecule has 80 valence electrons. The molecular formula is C11H13NO3. The zero-order chi connectivity index (χ0) is 11.1. The molecule has 0 aliphatic rings. The minimum absolute atomic E-state index is 0.0161. The summed E-state index contributed by atoms with van der Waals surface area (Å²) in [5, 5.41) is 12.3. The van der Waals surface area contributed by atoms with E-state index in [4.69, 9.17) is 5.11 Å². The Hall–Kier alpha value is -1.68. The average Bonchev–Trinajstić information content (AvgIpc) is 2.29. The summed E-state index contributed by atoms with van der Waals surface area (Å²) in [6, 6.07) is 7.13. The molecule has 0 fully saturated rings. The van der Waals surface area contributed by atoms with Crippen LogP contribution in [-0.4, -0.2) is 17.3 Å². The van der Waals surface area contributed by atoms with Crippen LogP contribution in [0.15, 0.2) is 29.4 Å². The highest BCUT2D eigenvalue weighted by Crippen LogP contribution is 2.02. The number of carbonyl (C=O) groups is 1. The van der Waals surface area contributed by atoms with Crippen molar-refractivity contribution in [3.8, 4) is 0 Å². The van der Waals surface area contributed by atoms with Crippen LogP contribution in [0, 0.1) is 0 Å². The van der Waals surface area contributed by atoms with E-state index in [0.29, 0.717) is 6.42 Å². The molecule has 0 spiro atoms. The van der Waals surface area contributed by atoms with Gasteiger partial charge in [0, 0.05) is 6.42 Å². The van der Waals surface area contributed by atoms with E-state index in [-0.39, 0.29) is 12.6 Å². The summed E-state index contributed by atoms with van der Waals surface area (Å²) in [7, 11) is 0. The monoisotopic (exact) mass is 207 g/mol. The summed E-state index contributed by atoms with van der Waals surface area (Å²) in [5.74, 6) is -0.363. The van der Waals surface area contributed by atoms with Crippen molar-refractivity contribution in [1.29, 1.82) is 0 Å². The van der Waals surface area contributed by atoms with Crippen molar-refractivity contribution in [2.24, 2.45) is 5.16 Å². The maximum absolute atomic E-state index is 10.7. The first-order chi connectivity index (χ1) is 7.26. The molecule has 0 heterocycles. The molecule has 0 aliphatic heterocycles. The molecule has 1 rings (SSSR count). The fourth-order valence-electron chi connectivity index (χ4n) is 0.920. The molecule has 0 aliphatic carbocycles. The van der Waals surface area contributed by atoms with Gasteiger partial charge < -0.3 is 9.94 Å². The summed E-state index contributed by atoms with van der Waals surface area (Å²) in [6.45, 7) is 1.72. The number of hydrogen-bond acceptors (Lipinski definition) is 4. The smallest absolute Gasteiger partial charge is 0.334 e. The Balaban J connectivity index is 2.53. The molecule has 0 amide bonds. The summed E-state index contributed by atoms with van der Waals surface area (Å²) >= 11 is 0. The highest BCUT2D eigenvalue weighted by atomic mass is 16.7. The molecule has 0 saturated heterocycles. The van der Waals surface area contributed by atoms with Crippen LogP contribution in [0.3, 0.4) is 0 Å². The standard InChI is InChI=1S/C11H13NO3/c1-2-11(14)15-12-7-9-3-5-10(8-13)6-4-9/h3-7,13H,2,8H2,1H3/b12-7+. The van der Waals surface area contributed by atoms with Gasteiger partial charge in [0.2, 0.25) is 0 Å². The lowest BCUT2D eigenvalue weighted by molar-refractivity contribution is -0.143. The minimum Gasteiger partial charge on any atom is -0.392 e. The third-order valence-electron chi connectivity index (χ3n) is 1.81. The second kappa shape index (κ2) is 5.93. The molecule has 0 aromatic heterocycles. The van der Waals surface area contributed by atoms with E-state index in [9.17, 15) is 4.79 Å². The Morgan fingerprint density at radius 2 is 2.13 bits per heavy atom. The van der Waals surface area contributed by atoms with Gasteiger partial charge in [0.15, 0.2) is 0 Å². The largest absolute Gasteiger partial charge is 0.392 e. The SMILES string of the molecule is CCC(=O)O/N=C/c1ccc(CO)cc1. The number of aliphatic hydroxyl groups excluding tert-OH is 1. The van der Waals surface area contributed by atoms with E-state index in [1.165, 1.54) is 6.21 Å². The number of rotatable bonds is 4. The number of benzene rings is 1. The third-order valence-corrected chi connectivity index (χ3v) is 1.81. The molecule has 4 heteroatoms. The van der Waals surface area contributed by atoms with Crippen molar-refractivity contribution in [2.75, 3.05) is 0 Å². The quantitative estimate of drug-likeness (QED) is 0.462. The van der Waals surface area contributed by atoms with Gasteiger partial charge in [0.25, 0.3) is 0 Å². The second-order valence-electron chi connectivity index (χ2n) is 2.95. The molecule has 0 bridgehead atoms. The number of aliphatic hydroxyl groups is 1.